The van der Waals surface area contributed by atoms with Crippen LogP contribution in [0.3, 0.4) is 0 Å². The first-order valence-electron chi connectivity index (χ1n) is 6.46. The van der Waals surface area contributed by atoms with Crippen molar-refractivity contribution in [3.8, 4) is 6.07 Å². The largest absolute Gasteiger partial charge is 0.393 e. The molecule has 2 atom stereocenters. The van der Waals surface area contributed by atoms with E-state index in [1.165, 1.54) is 0 Å². The number of nitriles is 1. The Morgan fingerprint density at radius 3 is 2.67 bits per heavy atom. The zero-order chi connectivity index (χ0) is 13.5. The molecule has 0 saturated carbocycles. The molecule has 0 aliphatic heterocycles. The minimum atomic E-state index is -0.254. The Morgan fingerprint density at radius 1 is 1.33 bits per heavy atom. The summed E-state index contributed by atoms with van der Waals surface area (Å²) in [6.07, 6.45) is 0.495. The second-order valence-corrected chi connectivity index (χ2v) is 5.01. The average molecular weight is 246 g/mol. The lowest BCUT2D eigenvalue weighted by molar-refractivity contribution is 0.115. The normalized spacial score (nSPS) is 14.2. The van der Waals surface area contributed by atoms with Crippen LogP contribution < -0.4 is 5.32 Å². The molecule has 0 aliphatic carbocycles. The lowest BCUT2D eigenvalue weighted by Crippen LogP contribution is -2.25. The number of benzene rings is 1. The zero-order valence-electron chi connectivity index (χ0n) is 11.4. The maximum absolute atomic E-state index is 9.71. The molecular weight excluding hydrogens is 224 g/mol. The highest BCUT2D eigenvalue weighted by atomic mass is 16.3. The van der Waals surface area contributed by atoms with Gasteiger partial charge in [-0.3, -0.25) is 0 Å². The van der Waals surface area contributed by atoms with E-state index in [0.29, 0.717) is 11.5 Å². The van der Waals surface area contributed by atoms with Crippen LogP contribution in [-0.4, -0.2) is 17.8 Å². The summed E-state index contributed by atoms with van der Waals surface area (Å²) in [6.45, 7) is 6.88. The standard InChI is InChI=1S/C15H22N2O/c1-11(2)15(18)7-8-17-12(3)14-6-4-5-13(9-14)10-16/h4-6,9,11-12,15,17-18H,7-8H2,1-3H3/t12-,15+/m0/s1. The highest BCUT2D eigenvalue weighted by Gasteiger charge is 2.10. The molecule has 98 valence electrons. The Bertz CT molecular complexity index is 409. The van der Waals surface area contributed by atoms with Gasteiger partial charge < -0.3 is 10.4 Å². The van der Waals surface area contributed by atoms with Gasteiger partial charge in [-0.05, 0) is 43.5 Å². The molecular formula is C15H22N2O. The van der Waals surface area contributed by atoms with Crippen molar-refractivity contribution in [2.45, 2.75) is 39.3 Å². The fraction of sp³-hybridized carbons (Fsp3) is 0.533. The van der Waals surface area contributed by atoms with Crippen LogP contribution >= 0.6 is 0 Å². The van der Waals surface area contributed by atoms with Crippen molar-refractivity contribution in [3.05, 3.63) is 35.4 Å². The van der Waals surface area contributed by atoms with Crippen molar-refractivity contribution in [1.29, 1.82) is 5.26 Å². The third kappa shape index (κ3) is 4.48. The van der Waals surface area contributed by atoms with Gasteiger partial charge in [-0.1, -0.05) is 26.0 Å². The maximum atomic E-state index is 9.71. The van der Waals surface area contributed by atoms with Gasteiger partial charge in [-0.25, -0.2) is 0 Å². The summed E-state index contributed by atoms with van der Waals surface area (Å²) in [5.41, 5.74) is 1.79. The summed E-state index contributed by atoms with van der Waals surface area (Å²) in [6, 6.07) is 9.95. The highest BCUT2D eigenvalue weighted by molar-refractivity contribution is 5.33. The molecule has 1 aromatic carbocycles. The van der Waals surface area contributed by atoms with Gasteiger partial charge in [0.15, 0.2) is 0 Å². The van der Waals surface area contributed by atoms with Crippen LogP contribution in [0, 0.1) is 17.2 Å². The van der Waals surface area contributed by atoms with Crippen LogP contribution in [-0.2, 0) is 0 Å². The molecule has 0 bridgehead atoms. The summed E-state index contributed by atoms with van der Waals surface area (Å²) in [4.78, 5) is 0. The lowest BCUT2D eigenvalue weighted by Gasteiger charge is -2.18. The van der Waals surface area contributed by atoms with Crippen LogP contribution in [0.4, 0.5) is 0 Å². The minimum Gasteiger partial charge on any atom is -0.393 e. The van der Waals surface area contributed by atoms with Gasteiger partial charge in [-0.2, -0.15) is 5.26 Å². The number of nitrogens with one attached hydrogen (secondary N) is 1. The number of aliphatic hydroxyl groups excluding tert-OH is 1. The Kier molecular flexibility index (Phi) is 5.84. The van der Waals surface area contributed by atoms with Crippen LogP contribution in [0.25, 0.3) is 0 Å². The smallest absolute Gasteiger partial charge is 0.0991 e. The fourth-order valence-corrected chi connectivity index (χ4v) is 1.78. The molecule has 0 aliphatic rings. The first-order valence-corrected chi connectivity index (χ1v) is 6.46. The summed E-state index contributed by atoms with van der Waals surface area (Å²) in [5.74, 6) is 0.295. The summed E-state index contributed by atoms with van der Waals surface area (Å²) in [5, 5.41) is 21.9. The van der Waals surface area contributed by atoms with E-state index in [-0.39, 0.29) is 12.1 Å². The summed E-state index contributed by atoms with van der Waals surface area (Å²) < 4.78 is 0. The van der Waals surface area contributed by atoms with E-state index in [2.05, 4.69) is 18.3 Å². The third-order valence-electron chi connectivity index (χ3n) is 3.18. The number of nitrogens with zero attached hydrogens (tertiary/aromatic N) is 1. The SMILES string of the molecule is CC(C)[C@H](O)CCN[C@@H](C)c1cccc(C#N)c1. The fourth-order valence-electron chi connectivity index (χ4n) is 1.78. The molecule has 0 amide bonds. The van der Waals surface area contributed by atoms with Crippen LogP contribution in [0.1, 0.15) is 44.4 Å². The van der Waals surface area contributed by atoms with Crippen molar-refractivity contribution < 1.29 is 5.11 Å². The molecule has 1 aromatic rings. The maximum Gasteiger partial charge on any atom is 0.0991 e. The van der Waals surface area contributed by atoms with E-state index in [4.69, 9.17) is 5.26 Å². The predicted octanol–water partition coefficient (Wildman–Crippen LogP) is 2.62. The van der Waals surface area contributed by atoms with Gasteiger partial charge in [0.05, 0.1) is 17.7 Å². The van der Waals surface area contributed by atoms with Gasteiger partial charge in [0.25, 0.3) is 0 Å². The van der Waals surface area contributed by atoms with E-state index in [0.717, 1.165) is 18.5 Å². The Hall–Kier alpha value is -1.37. The Morgan fingerprint density at radius 2 is 2.06 bits per heavy atom. The quantitative estimate of drug-likeness (QED) is 0.811. The Balaban J connectivity index is 2.45. The minimum absolute atomic E-state index is 0.192. The van der Waals surface area contributed by atoms with Crippen molar-refractivity contribution in [1.82, 2.24) is 5.32 Å². The average Bonchev–Trinajstić information content (AvgIpc) is 2.38. The summed E-state index contributed by atoms with van der Waals surface area (Å²) in [7, 11) is 0. The molecule has 0 aromatic heterocycles. The van der Waals surface area contributed by atoms with Crippen molar-refractivity contribution in [2.75, 3.05) is 6.54 Å². The molecule has 0 unspecified atom stereocenters. The topological polar surface area (TPSA) is 56.0 Å². The lowest BCUT2D eigenvalue weighted by atomic mass is 10.0. The monoisotopic (exact) mass is 246 g/mol. The predicted molar refractivity (Wildman–Crippen MR) is 73.0 cm³/mol. The molecule has 3 nitrogen and oxygen atoms in total. The number of hydrogen-bond acceptors (Lipinski definition) is 3. The summed E-state index contributed by atoms with van der Waals surface area (Å²) >= 11 is 0. The van der Waals surface area contributed by atoms with Crippen molar-refractivity contribution in [2.24, 2.45) is 5.92 Å². The molecule has 1 rings (SSSR count). The number of rotatable bonds is 6. The van der Waals surface area contributed by atoms with Gasteiger partial charge in [-0.15, -0.1) is 0 Å². The van der Waals surface area contributed by atoms with E-state index in [1.54, 1.807) is 6.07 Å². The first kappa shape index (κ1) is 14.7. The molecule has 18 heavy (non-hydrogen) atoms. The molecule has 0 heterocycles. The van der Waals surface area contributed by atoms with Crippen LogP contribution in [0.2, 0.25) is 0 Å². The molecule has 0 spiro atoms. The molecule has 0 saturated heterocycles. The molecule has 3 heteroatoms. The van der Waals surface area contributed by atoms with Crippen LogP contribution in [0.15, 0.2) is 24.3 Å². The first-order chi connectivity index (χ1) is 8.54. The number of aliphatic hydroxyl groups is 1. The Labute approximate surface area is 109 Å². The van der Waals surface area contributed by atoms with Crippen molar-refractivity contribution in [3.63, 3.8) is 0 Å². The number of hydrogen-bond donors (Lipinski definition) is 2. The zero-order valence-corrected chi connectivity index (χ0v) is 11.4. The second-order valence-electron chi connectivity index (χ2n) is 5.01. The van der Waals surface area contributed by atoms with Gasteiger partial charge >= 0.3 is 0 Å². The molecule has 2 N–H and O–H groups in total. The van der Waals surface area contributed by atoms with E-state index >= 15 is 0 Å². The van der Waals surface area contributed by atoms with Gasteiger partial charge in [0.2, 0.25) is 0 Å². The molecule has 0 fully saturated rings. The van der Waals surface area contributed by atoms with Crippen LogP contribution in [0.5, 0.6) is 0 Å². The van der Waals surface area contributed by atoms with Gasteiger partial charge in [0, 0.05) is 6.04 Å². The van der Waals surface area contributed by atoms with Crippen molar-refractivity contribution >= 4 is 0 Å². The molecule has 0 radical (unpaired) electrons. The third-order valence-corrected chi connectivity index (χ3v) is 3.18. The highest BCUT2D eigenvalue weighted by Crippen LogP contribution is 2.14. The van der Waals surface area contributed by atoms with E-state index in [9.17, 15) is 5.11 Å². The van der Waals surface area contributed by atoms with E-state index in [1.807, 2.05) is 32.0 Å². The van der Waals surface area contributed by atoms with Gasteiger partial charge in [0.1, 0.15) is 0 Å². The second kappa shape index (κ2) is 7.15. The van der Waals surface area contributed by atoms with E-state index < -0.39 is 0 Å².